The van der Waals surface area contributed by atoms with Crippen LogP contribution in [0.4, 0.5) is 11.5 Å². The summed E-state index contributed by atoms with van der Waals surface area (Å²) in [5.74, 6) is 0.0301. The number of halogens is 3. The number of hydrogen-bond acceptors (Lipinski definition) is 4. The van der Waals surface area contributed by atoms with E-state index < -0.39 is 5.41 Å². The predicted molar refractivity (Wildman–Crippen MR) is 145 cm³/mol. The maximum absolute atomic E-state index is 14.2. The molecule has 0 aliphatic carbocycles. The van der Waals surface area contributed by atoms with Crippen LogP contribution in [0.5, 0.6) is 0 Å². The van der Waals surface area contributed by atoms with Gasteiger partial charge in [0.1, 0.15) is 11.1 Å². The zero-order valence-electron chi connectivity index (χ0n) is 19.8. The zero-order chi connectivity index (χ0) is 25.4. The second kappa shape index (κ2) is 10.1. The van der Waals surface area contributed by atoms with Crippen molar-refractivity contribution in [2.45, 2.75) is 50.5 Å². The first-order valence-corrected chi connectivity index (χ1v) is 13.9. The van der Waals surface area contributed by atoms with E-state index in [0.29, 0.717) is 33.7 Å². The minimum Gasteiger partial charge on any atom is -0.311 e. The van der Waals surface area contributed by atoms with Gasteiger partial charge in [0.2, 0.25) is 11.8 Å². The Kier molecular flexibility index (Phi) is 7.12. The van der Waals surface area contributed by atoms with Crippen LogP contribution >= 0.6 is 39.1 Å². The summed E-state index contributed by atoms with van der Waals surface area (Å²) in [4.78, 5) is 29.1. The van der Waals surface area contributed by atoms with Gasteiger partial charge in [-0.2, -0.15) is 0 Å². The van der Waals surface area contributed by atoms with E-state index in [1.165, 1.54) is 0 Å². The van der Waals surface area contributed by atoms with E-state index in [0.717, 1.165) is 42.3 Å². The Morgan fingerprint density at radius 1 is 1.06 bits per heavy atom. The van der Waals surface area contributed by atoms with Gasteiger partial charge in [0.05, 0.1) is 12.5 Å². The van der Waals surface area contributed by atoms with Crippen LogP contribution in [-0.4, -0.2) is 38.7 Å². The van der Waals surface area contributed by atoms with Crippen LogP contribution in [0.1, 0.15) is 61.9 Å². The fourth-order valence-electron chi connectivity index (χ4n) is 5.23. The van der Waals surface area contributed by atoms with Gasteiger partial charge in [0, 0.05) is 27.6 Å². The summed E-state index contributed by atoms with van der Waals surface area (Å²) in [6, 6.07) is 12.7. The first-order valence-electron chi connectivity index (χ1n) is 12.1. The number of unbranched alkanes of at least 4 members (excludes halogenated alkanes) is 3. The van der Waals surface area contributed by atoms with Crippen LogP contribution < -0.4 is 10.2 Å². The number of carbonyl (C=O) groups excluding carboxylic acids is 2. The molecule has 0 saturated heterocycles. The van der Waals surface area contributed by atoms with Gasteiger partial charge < -0.3 is 10.2 Å². The van der Waals surface area contributed by atoms with Crippen molar-refractivity contribution in [1.29, 1.82) is 0 Å². The first kappa shape index (κ1) is 25.2. The molecule has 188 valence electrons. The number of aromatic nitrogens is 3. The van der Waals surface area contributed by atoms with Gasteiger partial charge in [-0.15, -0.1) is 5.10 Å². The zero-order valence-corrected chi connectivity index (χ0v) is 22.9. The van der Waals surface area contributed by atoms with Crippen molar-refractivity contribution >= 4 is 62.5 Å². The third-order valence-electron chi connectivity index (χ3n) is 7.09. The molecule has 0 saturated carbocycles. The summed E-state index contributed by atoms with van der Waals surface area (Å²) in [6.07, 6.45) is 4.04. The van der Waals surface area contributed by atoms with Gasteiger partial charge in [-0.1, -0.05) is 69.3 Å². The Bertz CT molecular complexity index is 1310. The summed E-state index contributed by atoms with van der Waals surface area (Å²) >= 11 is 15.9. The molecule has 36 heavy (non-hydrogen) atoms. The van der Waals surface area contributed by atoms with Crippen molar-refractivity contribution in [3.63, 3.8) is 0 Å². The van der Waals surface area contributed by atoms with Crippen molar-refractivity contribution < 1.29 is 9.59 Å². The van der Waals surface area contributed by atoms with Crippen LogP contribution in [0.3, 0.4) is 0 Å². The Balaban J connectivity index is 1.57. The molecule has 1 aromatic heterocycles. The number of carbonyl (C=O) groups is 2. The van der Waals surface area contributed by atoms with Gasteiger partial charge in [0.25, 0.3) is 0 Å². The molecule has 2 aromatic carbocycles. The molecule has 5 rings (SSSR count). The molecule has 0 fully saturated rings. The SMILES string of the molecule is CC(c1ccc(Cl)cc1)n1nnc2c1NC(=O)C[C@]21C(=O)N(CCCCCCBr)c2ccc(Cl)cc21. The molecule has 3 aromatic rings. The molecule has 10 heteroatoms. The number of hydrogen-bond donors (Lipinski definition) is 1. The second-order valence-corrected chi connectivity index (χ2v) is 11.0. The lowest BCUT2D eigenvalue weighted by Gasteiger charge is -2.31. The van der Waals surface area contributed by atoms with Crippen LogP contribution in [0.2, 0.25) is 10.0 Å². The summed E-state index contributed by atoms with van der Waals surface area (Å²) in [7, 11) is 0. The molecule has 1 N–H and O–H groups in total. The van der Waals surface area contributed by atoms with Gasteiger partial charge in [-0.25, -0.2) is 4.68 Å². The molecule has 3 heterocycles. The molecule has 2 aliphatic heterocycles. The van der Waals surface area contributed by atoms with E-state index in [-0.39, 0.29) is 24.3 Å². The highest BCUT2D eigenvalue weighted by atomic mass is 79.9. The maximum Gasteiger partial charge on any atom is 0.244 e. The van der Waals surface area contributed by atoms with Crippen molar-refractivity contribution in [1.82, 2.24) is 15.0 Å². The van der Waals surface area contributed by atoms with Crippen LogP contribution in [0.15, 0.2) is 42.5 Å². The number of anilines is 2. The van der Waals surface area contributed by atoms with E-state index in [4.69, 9.17) is 23.2 Å². The first-order chi connectivity index (χ1) is 17.4. The second-order valence-electron chi connectivity index (χ2n) is 9.31. The molecular weight excluding hydrogens is 565 g/mol. The monoisotopic (exact) mass is 589 g/mol. The Hall–Kier alpha value is -2.42. The lowest BCUT2D eigenvalue weighted by molar-refractivity contribution is -0.126. The van der Waals surface area contributed by atoms with E-state index >= 15 is 0 Å². The highest BCUT2D eigenvalue weighted by Crippen LogP contribution is 2.52. The summed E-state index contributed by atoms with van der Waals surface area (Å²) < 4.78 is 1.66. The summed E-state index contributed by atoms with van der Waals surface area (Å²) in [5, 5.41) is 14.0. The van der Waals surface area contributed by atoms with Gasteiger partial charge in [-0.3, -0.25) is 9.59 Å². The molecule has 1 spiro atoms. The number of rotatable bonds is 8. The van der Waals surface area contributed by atoms with Crippen molar-refractivity contribution in [3.05, 3.63) is 69.3 Å². The predicted octanol–water partition coefficient (Wildman–Crippen LogP) is 6.12. The third-order valence-corrected chi connectivity index (χ3v) is 8.13. The van der Waals surface area contributed by atoms with Crippen molar-refractivity contribution in [2.75, 3.05) is 22.1 Å². The standard InChI is InChI=1S/C26H26BrCl2N5O2/c1-16(17-6-8-18(28)9-7-17)34-24-23(31-32-34)26(15-22(35)30-24)20-14-19(29)10-11-21(20)33(25(26)36)13-5-3-2-4-12-27/h6-11,14,16H,2-5,12-13,15H2,1H3,(H,30,35)/t16?,26-/m1/s1. The van der Waals surface area contributed by atoms with E-state index in [9.17, 15) is 9.59 Å². The lowest BCUT2D eigenvalue weighted by Crippen LogP contribution is -2.47. The maximum atomic E-state index is 14.2. The van der Waals surface area contributed by atoms with E-state index in [1.807, 2.05) is 37.3 Å². The number of nitrogens with zero attached hydrogens (tertiary/aromatic N) is 4. The highest BCUT2D eigenvalue weighted by molar-refractivity contribution is 9.09. The molecular formula is C26H26BrCl2N5O2. The number of benzene rings is 2. The largest absolute Gasteiger partial charge is 0.311 e. The number of amides is 2. The topological polar surface area (TPSA) is 80.1 Å². The lowest BCUT2D eigenvalue weighted by atomic mass is 9.73. The average Bonchev–Trinajstić information content (AvgIpc) is 3.38. The summed E-state index contributed by atoms with van der Waals surface area (Å²) in [6.45, 7) is 2.54. The molecule has 0 radical (unpaired) electrons. The van der Waals surface area contributed by atoms with Gasteiger partial charge in [0.15, 0.2) is 5.82 Å². The van der Waals surface area contributed by atoms with Gasteiger partial charge >= 0.3 is 0 Å². The number of fused-ring (bicyclic) bond motifs is 4. The number of nitrogens with one attached hydrogen (secondary N) is 1. The highest BCUT2D eigenvalue weighted by Gasteiger charge is 2.58. The smallest absolute Gasteiger partial charge is 0.244 e. The van der Waals surface area contributed by atoms with Crippen molar-refractivity contribution in [2.24, 2.45) is 0 Å². The minimum absolute atomic E-state index is 0.0414. The van der Waals surface area contributed by atoms with Crippen LogP contribution in [0.25, 0.3) is 0 Å². The summed E-state index contributed by atoms with van der Waals surface area (Å²) in [5.41, 5.74) is 1.64. The molecule has 2 amide bonds. The Morgan fingerprint density at radius 2 is 1.78 bits per heavy atom. The molecule has 2 atom stereocenters. The molecule has 7 nitrogen and oxygen atoms in total. The van der Waals surface area contributed by atoms with Gasteiger partial charge in [-0.05, 0) is 61.2 Å². The molecule has 1 unspecified atom stereocenters. The minimum atomic E-state index is -1.26. The fourth-order valence-corrected chi connectivity index (χ4v) is 5.93. The fraction of sp³-hybridized carbons (Fsp3) is 0.385. The Morgan fingerprint density at radius 3 is 2.53 bits per heavy atom. The van der Waals surface area contributed by atoms with Crippen molar-refractivity contribution in [3.8, 4) is 0 Å². The Labute approximate surface area is 228 Å². The third kappa shape index (κ3) is 4.23. The molecule has 2 aliphatic rings. The average molecular weight is 591 g/mol. The quantitative estimate of drug-likeness (QED) is 0.253. The van der Waals surface area contributed by atoms with E-state index in [2.05, 4.69) is 31.6 Å². The van der Waals surface area contributed by atoms with Crippen LogP contribution in [-0.2, 0) is 15.0 Å². The number of alkyl halides is 1. The van der Waals surface area contributed by atoms with Crippen LogP contribution in [0, 0.1) is 0 Å². The molecule has 0 bridgehead atoms. The normalized spacial score (nSPS) is 19.4. The van der Waals surface area contributed by atoms with E-state index in [1.54, 1.807) is 21.7 Å².